The van der Waals surface area contributed by atoms with E-state index in [0.29, 0.717) is 18.2 Å². The smallest absolute Gasteiger partial charge is 0.255 e. The third-order valence-electron chi connectivity index (χ3n) is 2.82. The number of carbonyl (C=O) groups excluding carboxylic acids is 1. The van der Waals surface area contributed by atoms with E-state index in [1.165, 1.54) is 12.8 Å². The van der Waals surface area contributed by atoms with E-state index in [2.05, 4.69) is 10.6 Å². The average molecular weight is 234 g/mol. The van der Waals surface area contributed by atoms with Crippen LogP contribution in [-0.2, 0) is 0 Å². The molecule has 92 valence electrons. The minimum absolute atomic E-state index is 0.0395. The second-order valence-electron chi connectivity index (χ2n) is 4.50. The summed E-state index contributed by atoms with van der Waals surface area (Å²) in [4.78, 5) is 11.7. The summed E-state index contributed by atoms with van der Waals surface area (Å²) in [6.07, 6.45) is 2.49. The van der Waals surface area contributed by atoms with Gasteiger partial charge in [0, 0.05) is 19.1 Å². The maximum absolute atomic E-state index is 11.7. The Morgan fingerprint density at radius 1 is 1.41 bits per heavy atom. The lowest BCUT2D eigenvalue weighted by Gasteiger charge is -2.07. The maximum Gasteiger partial charge on any atom is 0.255 e. The number of benzene rings is 1. The minimum Gasteiger partial charge on any atom is -0.507 e. The van der Waals surface area contributed by atoms with Crippen molar-refractivity contribution in [2.75, 3.05) is 13.1 Å². The first-order valence-corrected chi connectivity index (χ1v) is 5.98. The van der Waals surface area contributed by atoms with Crippen LogP contribution in [0.1, 0.15) is 28.8 Å². The first-order valence-electron chi connectivity index (χ1n) is 5.98. The van der Waals surface area contributed by atoms with Crippen LogP contribution in [0.3, 0.4) is 0 Å². The monoisotopic (exact) mass is 234 g/mol. The lowest BCUT2D eigenvalue weighted by Crippen LogP contribution is -2.32. The third kappa shape index (κ3) is 3.46. The lowest BCUT2D eigenvalue weighted by molar-refractivity contribution is 0.0951. The second kappa shape index (κ2) is 5.19. The van der Waals surface area contributed by atoms with Crippen LogP contribution in [0.5, 0.6) is 5.75 Å². The van der Waals surface area contributed by atoms with E-state index in [1.807, 2.05) is 13.0 Å². The quantitative estimate of drug-likeness (QED) is 0.670. The molecule has 0 aliphatic heterocycles. The molecule has 1 fully saturated rings. The number of aromatic hydroxyl groups is 1. The molecule has 1 aliphatic carbocycles. The average Bonchev–Trinajstić information content (AvgIpc) is 3.08. The van der Waals surface area contributed by atoms with Crippen LogP contribution in [0, 0.1) is 6.92 Å². The number of phenolic OH excluding ortho intramolecular Hbond substituents is 1. The highest BCUT2D eigenvalue weighted by Crippen LogP contribution is 2.18. The molecule has 4 heteroatoms. The van der Waals surface area contributed by atoms with Crippen LogP contribution in [-0.4, -0.2) is 30.1 Å². The Morgan fingerprint density at radius 3 is 2.82 bits per heavy atom. The Labute approximate surface area is 101 Å². The molecule has 0 bridgehead atoms. The summed E-state index contributed by atoms with van der Waals surface area (Å²) in [6, 6.07) is 5.71. The zero-order valence-electron chi connectivity index (χ0n) is 9.99. The van der Waals surface area contributed by atoms with Gasteiger partial charge >= 0.3 is 0 Å². The third-order valence-corrected chi connectivity index (χ3v) is 2.82. The van der Waals surface area contributed by atoms with Crippen LogP contribution in [0.4, 0.5) is 0 Å². The fourth-order valence-corrected chi connectivity index (χ4v) is 1.67. The van der Waals surface area contributed by atoms with Gasteiger partial charge in [-0.25, -0.2) is 0 Å². The van der Waals surface area contributed by atoms with E-state index in [-0.39, 0.29) is 11.7 Å². The Balaban J connectivity index is 1.81. The highest BCUT2D eigenvalue weighted by Gasteiger charge is 2.19. The molecule has 0 aromatic heterocycles. The van der Waals surface area contributed by atoms with E-state index >= 15 is 0 Å². The molecule has 1 saturated carbocycles. The van der Waals surface area contributed by atoms with Crippen molar-refractivity contribution in [1.82, 2.24) is 10.6 Å². The van der Waals surface area contributed by atoms with Gasteiger partial charge in [0.2, 0.25) is 0 Å². The van der Waals surface area contributed by atoms with Gasteiger partial charge in [-0.2, -0.15) is 0 Å². The molecule has 0 atom stereocenters. The van der Waals surface area contributed by atoms with Crippen molar-refractivity contribution in [3.8, 4) is 5.75 Å². The molecule has 0 spiro atoms. The summed E-state index contributed by atoms with van der Waals surface area (Å²) in [5.74, 6) is -0.183. The summed E-state index contributed by atoms with van der Waals surface area (Å²) in [5.41, 5.74) is 1.27. The van der Waals surface area contributed by atoms with Gasteiger partial charge in [0.05, 0.1) is 5.56 Å². The largest absolute Gasteiger partial charge is 0.507 e. The molecular formula is C13H18N2O2. The summed E-state index contributed by atoms with van der Waals surface area (Å²) in [7, 11) is 0. The number of hydrogen-bond donors (Lipinski definition) is 3. The molecule has 0 unspecified atom stereocenters. The number of phenols is 1. The van der Waals surface area contributed by atoms with E-state index in [9.17, 15) is 9.90 Å². The Bertz CT molecular complexity index is 414. The molecular weight excluding hydrogens is 216 g/mol. The summed E-state index contributed by atoms with van der Waals surface area (Å²) in [6.45, 7) is 3.24. The predicted molar refractivity (Wildman–Crippen MR) is 66.2 cm³/mol. The highest BCUT2D eigenvalue weighted by molar-refractivity contribution is 5.96. The molecule has 17 heavy (non-hydrogen) atoms. The van der Waals surface area contributed by atoms with Crippen LogP contribution in [0.25, 0.3) is 0 Å². The van der Waals surface area contributed by atoms with E-state index in [1.54, 1.807) is 12.1 Å². The van der Waals surface area contributed by atoms with Crippen molar-refractivity contribution in [2.24, 2.45) is 0 Å². The number of carbonyl (C=O) groups is 1. The fraction of sp³-hybridized carbons (Fsp3) is 0.462. The first kappa shape index (κ1) is 11.9. The number of nitrogens with one attached hydrogen (secondary N) is 2. The topological polar surface area (TPSA) is 61.4 Å². The lowest BCUT2D eigenvalue weighted by atomic mass is 10.1. The predicted octanol–water partition coefficient (Wildman–Crippen LogP) is 1.18. The number of rotatable bonds is 5. The molecule has 1 amide bonds. The van der Waals surface area contributed by atoms with E-state index in [0.717, 1.165) is 12.1 Å². The fourth-order valence-electron chi connectivity index (χ4n) is 1.67. The van der Waals surface area contributed by atoms with Gasteiger partial charge in [-0.05, 0) is 37.5 Å². The van der Waals surface area contributed by atoms with Crippen molar-refractivity contribution in [3.05, 3.63) is 29.3 Å². The number of hydrogen-bond acceptors (Lipinski definition) is 3. The van der Waals surface area contributed by atoms with Gasteiger partial charge in [-0.1, -0.05) is 6.07 Å². The molecule has 0 radical (unpaired) electrons. The summed E-state index contributed by atoms with van der Waals surface area (Å²) >= 11 is 0. The molecule has 3 N–H and O–H groups in total. The van der Waals surface area contributed by atoms with Crippen molar-refractivity contribution < 1.29 is 9.90 Å². The molecule has 0 saturated heterocycles. The zero-order valence-corrected chi connectivity index (χ0v) is 9.99. The molecule has 1 aromatic rings. The van der Waals surface area contributed by atoms with Gasteiger partial charge in [-0.15, -0.1) is 0 Å². The minimum atomic E-state index is -0.222. The Hall–Kier alpha value is -1.55. The highest BCUT2D eigenvalue weighted by atomic mass is 16.3. The van der Waals surface area contributed by atoms with Gasteiger partial charge in [0.25, 0.3) is 5.91 Å². The molecule has 1 aromatic carbocycles. The second-order valence-corrected chi connectivity index (χ2v) is 4.50. The van der Waals surface area contributed by atoms with Crippen molar-refractivity contribution in [3.63, 3.8) is 0 Å². The van der Waals surface area contributed by atoms with Crippen molar-refractivity contribution in [2.45, 2.75) is 25.8 Å². The van der Waals surface area contributed by atoms with Gasteiger partial charge in [-0.3, -0.25) is 4.79 Å². The Morgan fingerprint density at radius 2 is 2.18 bits per heavy atom. The molecule has 4 nitrogen and oxygen atoms in total. The van der Waals surface area contributed by atoms with Crippen LogP contribution in [0.15, 0.2) is 18.2 Å². The van der Waals surface area contributed by atoms with Crippen LogP contribution >= 0.6 is 0 Å². The SMILES string of the molecule is Cc1ccc(C(=O)NCCNC2CC2)c(O)c1. The normalized spacial score (nSPS) is 14.6. The summed E-state index contributed by atoms with van der Waals surface area (Å²) < 4.78 is 0. The molecule has 0 heterocycles. The summed E-state index contributed by atoms with van der Waals surface area (Å²) in [5, 5.41) is 15.7. The standard InChI is InChI=1S/C13H18N2O2/c1-9-2-5-11(12(16)8-9)13(17)15-7-6-14-10-3-4-10/h2,5,8,10,14,16H,3-4,6-7H2,1H3,(H,15,17). The van der Waals surface area contributed by atoms with Crippen molar-refractivity contribution >= 4 is 5.91 Å². The molecule has 1 aliphatic rings. The van der Waals surface area contributed by atoms with Crippen molar-refractivity contribution in [1.29, 1.82) is 0 Å². The zero-order chi connectivity index (χ0) is 12.3. The molecule has 2 rings (SSSR count). The van der Waals surface area contributed by atoms with Crippen LogP contribution < -0.4 is 10.6 Å². The number of aryl methyl sites for hydroxylation is 1. The maximum atomic E-state index is 11.7. The van der Waals surface area contributed by atoms with Gasteiger partial charge < -0.3 is 15.7 Å². The number of amides is 1. The van der Waals surface area contributed by atoms with Gasteiger partial charge in [0.1, 0.15) is 5.75 Å². The Kier molecular flexibility index (Phi) is 3.64. The van der Waals surface area contributed by atoms with Gasteiger partial charge in [0.15, 0.2) is 0 Å². The van der Waals surface area contributed by atoms with E-state index in [4.69, 9.17) is 0 Å². The van der Waals surface area contributed by atoms with E-state index < -0.39 is 0 Å². The first-order chi connectivity index (χ1) is 8.16. The van der Waals surface area contributed by atoms with Crippen LogP contribution in [0.2, 0.25) is 0 Å².